The van der Waals surface area contributed by atoms with Crippen LogP contribution in [0.3, 0.4) is 0 Å². The molecule has 100 valence electrons. The molecule has 0 aliphatic heterocycles. The van der Waals surface area contributed by atoms with E-state index in [4.69, 9.17) is 17.3 Å². The van der Waals surface area contributed by atoms with E-state index in [1.807, 2.05) is 32.8 Å². The molecular formula is C12H19ClN4O. The number of hydrogen-bond acceptors (Lipinski definition) is 4. The van der Waals surface area contributed by atoms with Crippen LogP contribution in [0.2, 0.25) is 5.15 Å². The van der Waals surface area contributed by atoms with Crippen molar-refractivity contribution in [1.29, 1.82) is 0 Å². The number of amides is 1. The number of likely N-dealkylation sites (N-methyl/N-ethyl adjacent to an activating group) is 1. The monoisotopic (exact) mass is 270 g/mol. The zero-order chi connectivity index (χ0) is 13.9. The number of nitrogens with zero attached hydrogens (tertiary/aromatic N) is 2. The highest BCUT2D eigenvalue weighted by Crippen LogP contribution is 2.15. The standard InChI is InChI=1S/C12H19ClN4O/c1-12(2,17(3)4)7-16-11(18)8-5-10(13)15-6-9(8)14/h5-6H,7,14H2,1-4H3,(H,16,18). The second-order valence-corrected chi connectivity index (χ2v) is 5.37. The summed E-state index contributed by atoms with van der Waals surface area (Å²) in [4.78, 5) is 17.8. The molecule has 0 aliphatic carbocycles. The van der Waals surface area contributed by atoms with Crippen molar-refractivity contribution in [2.75, 3.05) is 26.4 Å². The molecule has 3 N–H and O–H groups in total. The highest BCUT2D eigenvalue weighted by Gasteiger charge is 2.22. The molecule has 1 rings (SSSR count). The maximum absolute atomic E-state index is 12.0. The van der Waals surface area contributed by atoms with Gasteiger partial charge in [-0.3, -0.25) is 4.79 Å². The van der Waals surface area contributed by atoms with Crippen LogP contribution in [-0.2, 0) is 0 Å². The molecular weight excluding hydrogens is 252 g/mol. The van der Waals surface area contributed by atoms with Gasteiger partial charge in [-0.25, -0.2) is 4.98 Å². The van der Waals surface area contributed by atoms with E-state index in [-0.39, 0.29) is 16.6 Å². The predicted octanol–water partition coefficient (Wildman–Crippen LogP) is 1.39. The molecule has 5 nitrogen and oxygen atoms in total. The fourth-order valence-corrected chi connectivity index (χ4v) is 1.34. The summed E-state index contributed by atoms with van der Waals surface area (Å²) in [5.74, 6) is -0.244. The normalized spacial score (nSPS) is 11.7. The predicted molar refractivity (Wildman–Crippen MR) is 73.8 cm³/mol. The number of halogens is 1. The van der Waals surface area contributed by atoms with Crippen LogP contribution in [0.15, 0.2) is 12.3 Å². The van der Waals surface area contributed by atoms with Crippen LogP contribution >= 0.6 is 11.6 Å². The van der Waals surface area contributed by atoms with Crippen LogP contribution in [0.1, 0.15) is 24.2 Å². The molecule has 0 unspecified atom stereocenters. The largest absolute Gasteiger partial charge is 0.397 e. The lowest BCUT2D eigenvalue weighted by atomic mass is 10.0. The Morgan fingerprint density at radius 2 is 2.17 bits per heavy atom. The van der Waals surface area contributed by atoms with Crippen LogP contribution in [0, 0.1) is 0 Å². The number of aromatic nitrogens is 1. The Morgan fingerprint density at radius 3 is 2.72 bits per heavy atom. The average molecular weight is 271 g/mol. The van der Waals surface area contributed by atoms with E-state index < -0.39 is 0 Å². The van der Waals surface area contributed by atoms with Crippen LogP contribution in [-0.4, -0.2) is 42.0 Å². The topological polar surface area (TPSA) is 71.2 Å². The quantitative estimate of drug-likeness (QED) is 0.811. The number of hydrogen-bond donors (Lipinski definition) is 2. The molecule has 0 atom stereocenters. The highest BCUT2D eigenvalue weighted by atomic mass is 35.5. The first-order valence-electron chi connectivity index (χ1n) is 5.60. The SMILES string of the molecule is CN(C)C(C)(C)CNC(=O)c1cc(Cl)ncc1N. The van der Waals surface area contributed by atoms with Gasteiger partial charge in [-0.15, -0.1) is 0 Å². The molecule has 1 heterocycles. The van der Waals surface area contributed by atoms with Crippen molar-refractivity contribution in [2.45, 2.75) is 19.4 Å². The summed E-state index contributed by atoms with van der Waals surface area (Å²) in [6, 6.07) is 1.47. The number of pyridine rings is 1. The van der Waals surface area contributed by atoms with E-state index in [1.165, 1.54) is 12.3 Å². The van der Waals surface area contributed by atoms with Crippen molar-refractivity contribution in [3.63, 3.8) is 0 Å². The minimum absolute atomic E-state index is 0.138. The zero-order valence-corrected chi connectivity index (χ0v) is 11.9. The molecule has 0 saturated carbocycles. The molecule has 0 fully saturated rings. The van der Waals surface area contributed by atoms with Crippen LogP contribution in [0.25, 0.3) is 0 Å². The first kappa shape index (κ1) is 14.7. The van der Waals surface area contributed by atoms with Crippen LogP contribution in [0.4, 0.5) is 5.69 Å². The van der Waals surface area contributed by atoms with Gasteiger partial charge in [0.1, 0.15) is 5.15 Å². The van der Waals surface area contributed by atoms with E-state index in [0.29, 0.717) is 17.8 Å². The smallest absolute Gasteiger partial charge is 0.253 e. The minimum atomic E-state index is -0.244. The number of nitrogens with one attached hydrogen (secondary N) is 1. The number of carbonyl (C=O) groups is 1. The molecule has 6 heteroatoms. The number of nitrogen functional groups attached to an aromatic ring is 1. The van der Waals surface area contributed by atoms with Gasteiger partial charge in [-0.05, 0) is 34.0 Å². The second kappa shape index (κ2) is 5.54. The number of anilines is 1. The Balaban J connectivity index is 2.75. The van der Waals surface area contributed by atoms with E-state index in [0.717, 1.165) is 0 Å². The molecule has 0 saturated heterocycles. The molecule has 0 radical (unpaired) electrons. The summed E-state index contributed by atoms with van der Waals surface area (Å²) < 4.78 is 0. The summed E-state index contributed by atoms with van der Waals surface area (Å²) >= 11 is 5.75. The maximum Gasteiger partial charge on any atom is 0.253 e. The van der Waals surface area contributed by atoms with Gasteiger partial charge in [0.2, 0.25) is 0 Å². The minimum Gasteiger partial charge on any atom is -0.397 e. The molecule has 0 aromatic carbocycles. The van der Waals surface area contributed by atoms with Crippen molar-refractivity contribution >= 4 is 23.2 Å². The van der Waals surface area contributed by atoms with Gasteiger partial charge < -0.3 is 16.0 Å². The third-order valence-corrected chi connectivity index (χ3v) is 3.24. The third-order valence-electron chi connectivity index (χ3n) is 3.04. The van der Waals surface area contributed by atoms with E-state index in [1.54, 1.807) is 0 Å². The van der Waals surface area contributed by atoms with Crippen molar-refractivity contribution in [3.8, 4) is 0 Å². The molecule has 1 aromatic rings. The zero-order valence-electron chi connectivity index (χ0n) is 11.1. The molecule has 0 spiro atoms. The Kier molecular flexibility index (Phi) is 4.53. The van der Waals surface area contributed by atoms with E-state index in [9.17, 15) is 4.79 Å². The summed E-state index contributed by atoms with van der Waals surface area (Å²) in [5, 5.41) is 3.09. The highest BCUT2D eigenvalue weighted by molar-refractivity contribution is 6.29. The Bertz CT molecular complexity index is 446. The molecule has 0 aliphatic rings. The fraction of sp³-hybridized carbons (Fsp3) is 0.500. The van der Waals surface area contributed by atoms with E-state index in [2.05, 4.69) is 10.3 Å². The lowest BCUT2D eigenvalue weighted by molar-refractivity contribution is 0.0920. The summed E-state index contributed by atoms with van der Waals surface area (Å²) in [6.07, 6.45) is 1.38. The number of carbonyl (C=O) groups excluding carboxylic acids is 1. The van der Waals surface area contributed by atoms with Gasteiger partial charge >= 0.3 is 0 Å². The van der Waals surface area contributed by atoms with Crippen molar-refractivity contribution in [2.24, 2.45) is 0 Å². The maximum atomic E-state index is 12.0. The molecule has 18 heavy (non-hydrogen) atoms. The first-order chi connectivity index (χ1) is 8.24. The molecule has 1 aromatic heterocycles. The Hall–Kier alpha value is -1.33. The van der Waals surface area contributed by atoms with Crippen LogP contribution < -0.4 is 11.1 Å². The summed E-state index contributed by atoms with van der Waals surface area (Å²) in [6.45, 7) is 4.59. The van der Waals surface area contributed by atoms with Gasteiger partial charge in [0.15, 0.2) is 0 Å². The Labute approximate surface area is 112 Å². The van der Waals surface area contributed by atoms with Crippen LogP contribution in [0.5, 0.6) is 0 Å². The van der Waals surface area contributed by atoms with Gasteiger partial charge in [-0.2, -0.15) is 0 Å². The van der Waals surface area contributed by atoms with Gasteiger partial charge in [0, 0.05) is 12.1 Å². The van der Waals surface area contributed by atoms with Crippen molar-refractivity contribution in [1.82, 2.24) is 15.2 Å². The van der Waals surface area contributed by atoms with Crippen molar-refractivity contribution < 1.29 is 4.79 Å². The summed E-state index contributed by atoms with van der Waals surface area (Å²) in [7, 11) is 3.92. The third kappa shape index (κ3) is 3.58. The molecule has 0 bridgehead atoms. The van der Waals surface area contributed by atoms with Crippen molar-refractivity contribution in [3.05, 3.63) is 23.0 Å². The van der Waals surface area contributed by atoms with Gasteiger partial charge in [-0.1, -0.05) is 11.6 Å². The summed E-state index contributed by atoms with van der Waals surface area (Å²) in [5.41, 5.74) is 6.23. The number of rotatable bonds is 4. The van der Waals surface area contributed by atoms with E-state index >= 15 is 0 Å². The lowest BCUT2D eigenvalue weighted by Crippen LogP contribution is -2.48. The lowest BCUT2D eigenvalue weighted by Gasteiger charge is -2.32. The first-order valence-corrected chi connectivity index (χ1v) is 5.98. The Morgan fingerprint density at radius 1 is 1.56 bits per heavy atom. The average Bonchev–Trinajstić information content (AvgIpc) is 2.29. The number of nitrogens with two attached hydrogens (primary N) is 1. The van der Waals surface area contributed by atoms with Gasteiger partial charge in [0.25, 0.3) is 5.91 Å². The second-order valence-electron chi connectivity index (χ2n) is 4.98. The molecule has 1 amide bonds. The van der Waals surface area contributed by atoms with Gasteiger partial charge in [0.05, 0.1) is 17.4 Å². The fourth-order valence-electron chi connectivity index (χ4n) is 1.19.